The van der Waals surface area contributed by atoms with Gasteiger partial charge in [-0.05, 0) is 32.6 Å². The average Bonchev–Trinajstić information content (AvgIpc) is 2.38. The number of piperidine rings is 1. The van der Waals surface area contributed by atoms with E-state index in [1.165, 1.54) is 4.31 Å². The standard InChI is InChI=1S/C13H27N3O3S/c1-3-10-20(18,19)16-9-5-4-6-12(16)13(17)15-8-7-11(2)14/h11-12H,3-10,14H2,1-2H3,(H,15,17). The molecule has 0 radical (unpaired) electrons. The van der Waals surface area contributed by atoms with Crippen molar-refractivity contribution in [2.75, 3.05) is 18.8 Å². The van der Waals surface area contributed by atoms with Gasteiger partial charge in [0.1, 0.15) is 6.04 Å². The second-order valence-corrected chi connectivity index (χ2v) is 7.54. The van der Waals surface area contributed by atoms with Crippen LogP contribution in [0.4, 0.5) is 0 Å². The molecule has 1 amide bonds. The third kappa shape index (κ3) is 5.03. The molecule has 1 saturated heterocycles. The SMILES string of the molecule is CCCS(=O)(=O)N1CCCCC1C(=O)NCCC(C)N. The molecule has 20 heavy (non-hydrogen) atoms. The van der Waals surface area contributed by atoms with Gasteiger partial charge in [-0.1, -0.05) is 13.3 Å². The van der Waals surface area contributed by atoms with E-state index in [2.05, 4.69) is 5.32 Å². The Balaban J connectivity index is 2.66. The molecule has 0 aromatic carbocycles. The molecule has 6 nitrogen and oxygen atoms in total. The van der Waals surface area contributed by atoms with Crippen molar-refractivity contribution in [3.63, 3.8) is 0 Å². The van der Waals surface area contributed by atoms with E-state index >= 15 is 0 Å². The minimum atomic E-state index is -3.32. The normalized spacial score (nSPS) is 22.4. The van der Waals surface area contributed by atoms with Crippen LogP contribution in [0.1, 0.15) is 46.0 Å². The van der Waals surface area contributed by atoms with Crippen LogP contribution in [-0.2, 0) is 14.8 Å². The highest BCUT2D eigenvalue weighted by molar-refractivity contribution is 7.89. The van der Waals surface area contributed by atoms with Crippen LogP contribution in [0.5, 0.6) is 0 Å². The summed E-state index contributed by atoms with van der Waals surface area (Å²) in [7, 11) is -3.32. The van der Waals surface area contributed by atoms with Crippen LogP contribution in [0.3, 0.4) is 0 Å². The van der Waals surface area contributed by atoms with Gasteiger partial charge in [-0.2, -0.15) is 4.31 Å². The number of hydrogen-bond donors (Lipinski definition) is 2. The Morgan fingerprint density at radius 3 is 2.75 bits per heavy atom. The number of amides is 1. The van der Waals surface area contributed by atoms with Gasteiger partial charge in [0.15, 0.2) is 0 Å². The summed E-state index contributed by atoms with van der Waals surface area (Å²) in [6.07, 6.45) is 3.58. The summed E-state index contributed by atoms with van der Waals surface area (Å²) in [5.41, 5.74) is 5.64. The molecule has 7 heteroatoms. The van der Waals surface area contributed by atoms with Crippen LogP contribution >= 0.6 is 0 Å². The quantitative estimate of drug-likeness (QED) is 0.713. The van der Waals surface area contributed by atoms with Gasteiger partial charge in [-0.15, -0.1) is 0 Å². The Bertz CT molecular complexity index is 409. The molecule has 0 spiro atoms. The summed E-state index contributed by atoms with van der Waals surface area (Å²) in [5.74, 6) is -0.0820. The van der Waals surface area contributed by atoms with Crippen molar-refractivity contribution in [3.8, 4) is 0 Å². The van der Waals surface area contributed by atoms with E-state index in [9.17, 15) is 13.2 Å². The van der Waals surface area contributed by atoms with Crippen LogP contribution in [0, 0.1) is 0 Å². The van der Waals surface area contributed by atoms with E-state index in [-0.39, 0.29) is 17.7 Å². The van der Waals surface area contributed by atoms with E-state index in [1.807, 2.05) is 13.8 Å². The minimum absolute atomic E-state index is 0.0292. The van der Waals surface area contributed by atoms with Crippen LogP contribution in [0.15, 0.2) is 0 Å². The molecule has 0 aliphatic carbocycles. The Kier molecular flexibility index (Phi) is 6.91. The predicted molar refractivity (Wildman–Crippen MR) is 79.7 cm³/mol. The molecule has 0 saturated carbocycles. The van der Waals surface area contributed by atoms with Crippen molar-refractivity contribution in [2.24, 2.45) is 5.73 Å². The lowest BCUT2D eigenvalue weighted by Gasteiger charge is -2.33. The summed E-state index contributed by atoms with van der Waals surface area (Å²) in [6, 6.07) is -0.519. The maximum atomic E-state index is 12.2. The summed E-state index contributed by atoms with van der Waals surface area (Å²) >= 11 is 0. The highest BCUT2D eigenvalue weighted by Crippen LogP contribution is 2.21. The minimum Gasteiger partial charge on any atom is -0.355 e. The van der Waals surface area contributed by atoms with Crippen molar-refractivity contribution in [1.29, 1.82) is 0 Å². The first kappa shape index (κ1) is 17.4. The van der Waals surface area contributed by atoms with Crippen LogP contribution in [0.25, 0.3) is 0 Å². The fraction of sp³-hybridized carbons (Fsp3) is 0.923. The van der Waals surface area contributed by atoms with E-state index in [1.54, 1.807) is 0 Å². The van der Waals surface area contributed by atoms with Crippen molar-refractivity contribution in [3.05, 3.63) is 0 Å². The first-order valence-electron chi connectivity index (χ1n) is 7.41. The van der Waals surface area contributed by atoms with Crippen LogP contribution in [0.2, 0.25) is 0 Å². The maximum absolute atomic E-state index is 12.2. The molecule has 1 aliphatic rings. The molecule has 1 heterocycles. The summed E-state index contributed by atoms with van der Waals surface area (Å²) < 4.78 is 25.8. The van der Waals surface area contributed by atoms with Crippen LogP contribution in [-0.4, -0.2) is 49.6 Å². The largest absolute Gasteiger partial charge is 0.355 e. The molecule has 2 unspecified atom stereocenters. The van der Waals surface area contributed by atoms with E-state index in [4.69, 9.17) is 5.73 Å². The van der Waals surface area contributed by atoms with Gasteiger partial charge < -0.3 is 11.1 Å². The zero-order valence-electron chi connectivity index (χ0n) is 12.5. The van der Waals surface area contributed by atoms with E-state index < -0.39 is 16.1 Å². The Hall–Kier alpha value is -0.660. The fourth-order valence-corrected chi connectivity index (χ4v) is 4.16. The van der Waals surface area contributed by atoms with Gasteiger partial charge >= 0.3 is 0 Å². The lowest BCUT2D eigenvalue weighted by Crippen LogP contribution is -2.52. The van der Waals surface area contributed by atoms with Gasteiger partial charge in [0.2, 0.25) is 15.9 Å². The summed E-state index contributed by atoms with van der Waals surface area (Å²) in [5, 5.41) is 2.80. The number of sulfonamides is 1. The van der Waals surface area contributed by atoms with E-state index in [0.717, 1.165) is 12.8 Å². The molecule has 1 aliphatic heterocycles. The highest BCUT2D eigenvalue weighted by atomic mass is 32.2. The van der Waals surface area contributed by atoms with Crippen molar-refractivity contribution in [2.45, 2.75) is 58.0 Å². The molecule has 1 fully saturated rings. The number of carbonyl (C=O) groups excluding carboxylic acids is 1. The fourth-order valence-electron chi connectivity index (χ4n) is 2.42. The zero-order valence-corrected chi connectivity index (χ0v) is 13.3. The van der Waals surface area contributed by atoms with Gasteiger partial charge in [0.05, 0.1) is 5.75 Å². The first-order valence-corrected chi connectivity index (χ1v) is 9.02. The molecular formula is C13H27N3O3S. The molecule has 0 bridgehead atoms. The van der Waals surface area contributed by atoms with Crippen LogP contribution < -0.4 is 11.1 Å². The molecule has 118 valence electrons. The molecule has 3 N–H and O–H groups in total. The van der Waals surface area contributed by atoms with Gasteiger partial charge in [-0.3, -0.25) is 4.79 Å². The Morgan fingerprint density at radius 1 is 1.45 bits per heavy atom. The molecule has 2 atom stereocenters. The molecule has 0 aromatic heterocycles. The molecule has 1 rings (SSSR count). The number of rotatable bonds is 7. The second kappa shape index (κ2) is 7.95. The molecular weight excluding hydrogens is 278 g/mol. The number of carbonyl (C=O) groups is 1. The smallest absolute Gasteiger partial charge is 0.238 e. The average molecular weight is 305 g/mol. The topological polar surface area (TPSA) is 92.5 Å². The lowest BCUT2D eigenvalue weighted by atomic mass is 10.0. The molecule has 0 aromatic rings. The number of nitrogens with two attached hydrogens (primary N) is 1. The summed E-state index contributed by atoms with van der Waals surface area (Å²) in [4.78, 5) is 12.2. The Morgan fingerprint density at radius 2 is 2.15 bits per heavy atom. The third-order valence-corrected chi connectivity index (χ3v) is 5.55. The van der Waals surface area contributed by atoms with Gasteiger partial charge in [0.25, 0.3) is 0 Å². The maximum Gasteiger partial charge on any atom is 0.238 e. The third-order valence-electron chi connectivity index (χ3n) is 3.47. The van der Waals surface area contributed by atoms with Gasteiger partial charge in [0, 0.05) is 19.1 Å². The van der Waals surface area contributed by atoms with Crippen molar-refractivity contribution in [1.82, 2.24) is 9.62 Å². The van der Waals surface area contributed by atoms with E-state index in [0.29, 0.717) is 32.4 Å². The number of nitrogens with zero attached hydrogens (tertiary/aromatic N) is 1. The Labute approximate surface area is 122 Å². The van der Waals surface area contributed by atoms with Crippen molar-refractivity contribution >= 4 is 15.9 Å². The monoisotopic (exact) mass is 305 g/mol. The van der Waals surface area contributed by atoms with Crippen molar-refractivity contribution < 1.29 is 13.2 Å². The predicted octanol–water partition coefficient (Wildman–Crippen LogP) is 0.434. The number of hydrogen-bond acceptors (Lipinski definition) is 4. The highest BCUT2D eigenvalue weighted by Gasteiger charge is 2.35. The second-order valence-electron chi connectivity index (χ2n) is 5.50. The summed E-state index contributed by atoms with van der Waals surface area (Å²) in [6.45, 7) is 4.66. The van der Waals surface area contributed by atoms with Gasteiger partial charge in [-0.25, -0.2) is 8.42 Å². The first-order chi connectivity index (χ1) is 9.38. The number of nitrogens with one attached hydrogen (secondary N) is 1. The zero-order chi connectivity index (χ0) is 15.2. The lowest BCUT2D eigenvalue weighted by molar-refractivity contribution is -0.125.